The summed E-state index contributed by atoms with van der Waals surface area (Å²) < 4.78 is 28.7. The Hall–Kier alpha value is -0.130. The topological polar surface area (TPSA) is 46.6 Å². The Bertz CT molecular complexity index is 361. The van der Waals surface area contributed by atoms with Crippen LogP contribution in [0.5, 0.6) is 0 Å². The quantitative estimate of drug-likeness (QED) is 0.639. The van der Waals surface area contributed by atoms with E-state index in [4.69, 9.17) is 4.74 Å². The van der Waals surface area contributed by atoms with Gasteiger partial charge in [-0.2, -0.15) is 0 Å². The summed E-state index contributed by atoms with van der Waals surface area (Å²) in [6.07, 6.45) is 3.01. The molecule has 0 radical (unpaired) electrons. The summed E-state index contributed by atoms with van der Waals surface area (Å²) >= 11 is 0. The van der Waals surface area contributed by atoms with Crippen LogP contribution in [-0.2, 0) is 14.6 Å². The zero-order valence-corrected chi connectivity index (χ0v) is 9.63. The lowest BCUT2D eigenvalue weighted by Gasteiger charge is -2.52. The molecule has 2 atom stereocenters. The van der Waals surface area contributed by atoms with Crippen molar-refractivity contribution in [3.63, 3.8) is 0 Å². The molecule has 0 aromatic rings. The third-order valence-electron chi connectivity index (χ3n) is 4.20. The molecule has 2 aliphatic heterocycles. The van der Waals surface area contributed by atoms with E-state index in [9.17, 15) is 8.42 Å². The molecule has 3 fully saturated rings. The van der Waals surface area contributed by atoms with Gasteiger partial charge in [-0.25, -0.2) is 8.42 Å². The predicted octanol–water partition coefficient (Wildman–Crippen LogP) is 0.0383. The third kappa shape index (κ3) is 1.29. The largest absolute Gasteiger partial charge is 0.379 e. The Morgan fingerprint density at radius 1 is 1.27 bits per heavy atom. The summed E-state index contributed by atoms with van der Waals surface area (Å²) in [5.74, 6) is 0.394. The molecule has 1 aliphatic carbocycles. The maximum atomic E-state index is 11.7. The van der Waals surface area contributed by atoms with Crippen LogP contribution in [0.2, 0.25) is 0 Å². The molecule has 2 saturated heterocycles. The minimum Gasteiger partial charge on any atom is -0.379 e. The van der Waals surface area contributed by atoms with Gasteiger partial charge in [-0.3, -0.25) is 4.90 Å². The molecule has 0 aromatic heterocycles. The van der Waals surface area contributed by atoms with Crippen LogP contribution < -0.4 is 0 Å². The number of sulfone groups is 1. The van der Waals surface area contributed by atoms with Crippen LogP contribution in [0.3, 0.4) is 0 Å². The fraction of sp³-hybridized carbons (Fsp3) is 1.00. The van der Waals surface area contributed by atoms with Crippen molar-refractivity contribution in [2.24, 2.45) is 0 Å². The van der Waals surface area contributed by atoms with Crippen LogP contribution in [0.15, 0.2) is 0 Å². The highest BCUT2D eigenvalue weighted by Gasteiger charge is 2.63. The highest BCUT2D eigenvalue weighted by molar-refractivity contribution is 7.93. The van der Waals surface area contributed by atoms with E-state index in [2.05, 4.69) is 4.90 Å². The first-order chi connectivity index (χ1) is 7.15. The van der Waals surface area contributed by atoms with Crippen LogP contribution in [0, 0.1) is 0 Å². The zero-order chi connectivity index (χ0) is 10.5. The first-order valence-electron chi connectivity index (χ1n) is 5.70. The molecule has 86 valence electrons. The van der Waals surface area contributed by atoms with Crippen LogP contribution in [0.25, 0.3) is 0 Å². The summed E-state index contributed by atoms with van der Waals surface area (Å²) in [5.41, 5.74) is 0.00259. The van der Waals surface area contributed by atoms with Crippen LogP contribution in [0.4, 0.5) is 0 Å². The molecule has 0 aromatic carbocycles. The zero-order valence-electron chi connectivity index (χ0n) is 8.81. The van der Waals surface area contributed by atoms with E-state index < -0.39 is 9.84 Å². The van der Waals surface area contributed by atoms with Gasteiger partial charge in [0, 0.05) is 13.1 Å². The first-order valence-corrected chi connectivity index (χ1v) is 7.41. The van der Waals surface area contributed by atoms with Crippen molar-refractivity contribution in [1.82, 2.24) is 4.90 Å². The second kappa shape index (κ2) is 3.18. The average molecular weight is 231 g/mol. The molecule has 3 rings (SSSR count). The number of nitrogens with zero attached hydrogens (tertiary/aromatic N) is 1. The van der Waals surface area contributed by atoms with E-state index in [0.29, 0.717) is 5.75 Å². The van der Waals surface area contributed by atoms with Gasteiger partial charge in [0.1, 0.15) is 0 Å². The van der Waals surface area contributed by atoms with E-state index in [0.717, 1.165) is 45.6 Å². The normalized spacial score (nSPS) is 44.7. The fourth-order valence-electron chi connectivity index (χ4n) is 3.51. The SMILES string of the molecule is O=S1(=O)CC2(N3CCOCC3)CCCC21. The molecule has 1 saturated carbocycles. The van der Waals surface area contributed by atoms with Gasteiger partial charge < -0.3 is 4.74 Å². The summed E-state index contributed by atoms with van der Waals surface area (Å²) in [7, 11) is -2.75. The van der Waals surface area contributed by atoms with Crippen molar-refractivity contribution < 1.29 is 13.2 Å². The van der Waals surface area contributed by atoms with Crippen LogP contribution in [0.1, 0.15) is 19.3 Å². The number of ether oxygens (including phenoxy) is 1. The van der Waals surface area contributed by atoms with Crippen molar-refractivity contribution in [2.45, 2.75) is 30.1 Å². The third-order valence-corrected chi connectivity index (χ3v) is 6.64. The predicted molar refractivity (Wildman–Crippen MR) is 56.5 cm³/mol. The summed E-state index contributed by atoms with van der Waals surface area (Å²) in [6, 6.07) is 0. The van der Waals surface area contributed by atoms with Gasteiger partial charge in [-0.1, -0.05) is 6.42 Å². The van der Waals surface area contributed by atoms with Crippen molar-refractivity contribution in [1.29, 1.82) is 0 Å². The summed E-state index contributed by atoms with van der Waals surface area (Å²) in [5, 5.41) is -0.0666. The maximum Gasteiger partial charge on any atom is 0.156 e. The molecule has 4 nitrogen and oxygen atoms in total. The maximum absolute atomic E-state index is 11.7. The molecule has 15 heavy (non-hydrogen) atoms. The van der Waals surface area contributed by atoms with Crippen molar-refractivity contribution in [3.8, 4) is 0 Å². The van der Waals surface area contributed by atoms with Crippen LogP contribution in [-0.4, -0.2) is 56.2 Å². The minimum atomic E-state index is -2.75. The molecule has 5 heteroatoms. The molecule has 0 N–H and O–H groups in total. The Labute approximate surface area is 90.5 Å². The van der Waals surface area contributed by atoms with E-state index >= 15 is 0 Å². The van der Waals surface area contributed by atoms with E-state index in [-0.39, 0.29) is 10.8 Å². The molecule has 0 amide bonds. The second-order valence-electron chi connectivity index (χ2n) is 4.89. The molecule has 0 spiro atoms. The lowest BCUT2D eigenvalue weighted by atomic mass is 9.95. The second-order valence-corrected chi connectivity index (χ2v) is 7.07. The average Bonchev–Trinajstić information content (AvgIpc) is 2.59. The Morgan fingerprint density at radius 2 is 2.00 bits per heavy atom. The van der Waals surface area contributed by atoms with E-state index in [1.807, 2.05) is 0 Å². The van der Waals surface area contributed by atoms with Crippen molar-refractivity contribution >= 4 is 9.84 Å². The first kappa shape index (κ1) is 10.1. The van der Waals surface area contributed by atoms with Crippen LogP contribution >= 0.6 is 0 Å². The summed E-state index contributed by atoms with van der Waals surface area (Å²) in [6.45, 7) is 3.33. The highest BCUT2D eigenvalue weighted by atomic mass is 32.2. The number of rotatable bonds is 1. The number of hydrogen-bond acceptors (Lipinski definition) is 4. The molecular formula is C10H17NO3S. The molecule has 0 bridgehead atoms. The monoisotopic (exact) mass is 231 g/mol. The molecule has 3 aliphatic rings. The smallest absolute Gasteiger partial charge is 0.156 e. The van der Waals surface area contributed by atoms with Gasteiger partial charge in [-0.05, 0) is 12.8 Å². The van der Waals surface area contributed by atoms with Gasteiger partial charge >= 0.3 is 0 Å². The number of morpholine rings is 1. The number of fused-ring (bicyclic) bond motifs is 1. The van der Waals surface area contributed by atoms with Gasteiger partial charge in [0.05, 0.1) is 29.8 Å². The lowest BCUT2D eigenvalue weighted by Crippen LogP contribution is -2.70. The standard InChI is InChI=1S/C10H17NO3S/c12-15(13)8-10(3-1-2-9(10)15)11-4-6-14-7-5-11/h9H,1-8H2. The Kier molecular flexibility index (Phi) is 2.13. The number of hydrogen-bond donors (Lipinski definition) is 0. The van der Waals surface area contributed by atoms with Gasteiger partial charge in [0.2, 0.25) is 0 Å². The van der Waals surface area contributed by atoms with Gasteiger partial charge in [0.15, 0.2) is 9.84 Å². The lowest BCUT2D eigenvalue weighted by molar-refractivity contribution is -0.0175. The Morgan fingerprint density at radius 3 is 2.67 bits per heavy atom. The van der Waals surface area contributed by atoms with Crippen molar-refractivity contribution in [2.75, 3.05) is 32.1 Å². The van der Waals surface area contributed by atoms with E-state index in [1.54, 1.807) is 0 Å². The Balaban J connectivity index is 1.85. The van der Waals surface area contributed by atoms with Gasteiger partial charge in [-0.15, -0.1) is 0 Å². The van der Waals surface area contributed by atoms with Crippen molar-refractivity contribution in [3.05, 3.63) is 0 Å². The van der Waals surface area contributed by atoms with Gasteiger partial charge in [0.25, 0.3) is 0 Å². The molecular weight excluding hydrogens is 214 g/mol. The summed E-state index contributed by atoms with van der Waals surface area (Å²) in [4.78, 5) is 2.37. The molecule has 2 unspecified atom stereocenters. The minimum absolute atomic E-state index is 0.00259. The highest BCUT2D eigenvalue weighted by Crippen LogP contribution is 2.49. The van der Waals surface area contributed by atoms with E-state index in [1.165, 1.54) is 0 Å². The molecule has 2 heterocycles. The fourth-order valence-corrected chi connectivity index (χ4v) is 6.19.